The van der Waals surface area contributed by atoms with Gasteiger partial charge in [0.25, 0.3) is 0 Å². The molecule has 0 bridgehead atoms. The highest BCUT2D eigenvalue weighted by Crippen LogP contribution is 2.20. The monoisotopic (exact) mass is 209 g/mol. The van der Waals surface area contributed by atoms with Crippen LogP contribution in [0.2, 0.25) is 0 Å². The molecule has 0 heterocycles. The van der Waals surface area contributed by atoms with Crippen LogP contribution < -0.4 is 5.32 Å². The van der Waals surface area contributed by atoms with Gasteiger partial charge in [0.05, 0.1) is 0 Å². The van der Waals surface area contributed by atoms with Crippen molar-refractivity contribution < 1.29 is 0 Å². The quantitative estimate of drug-likeness (QED) is 0.745. The summed E-state index contributed by atoms with van der Waals surface area (Å²) in [6.45, 7) is 3.78. The second-order valence-electron chi connectivity index (χ2n) is 3.64. The van der Waals surface area contributed by atoms with Crippen molar-refractivity contribution in [2.24, 2.45) is 0 Å². The van der Waals surface area contributed by atoms with E-state index in [9.17, 15) is 0 Å². The SMILES string of the molecule is C=CCc1ccccc1Nc1ccccc1. The number of allylic oxidation sites excluding steroid dienone is 1. The third kappa shape index (κ3) is 2.51. The minimum absolute atomic E-state index is 0.885. The van der Waals surface area contributed by atoms with E-state index in [1.165, 1.54) is 5.56 Å². The molecule has 0 fully saturated rings. The number of para-hydroxylation sites is 2. The number of nitrogens with one attached hydrogen (secondary N) is 1. The van der Waals surface area contributed by atoms with E-state index in [4.69, 9.17) is 0 Å². The first kappa shape index (κ1) is 10.5. The van der Waals surface area contributed by atoms with E-state index in [1.807, 2.05) is 30.3 Å². The molecule has 2 aromatic carbocycles. The van der Waals surface area contributed by atoms with Crippen molar-refractivity contribution in [2.75, 3.05) is 5.32 Å². The molecule has 80 valence electrons. The predicted molar refractivity (Wildman–Crippen MR) is 70.1 cm³/mol. The Balaban J connectivity index is 2.24. The molecular weight excluding hydrogens is 194 g/mol. The molecule has 0 radical (unpaired) electrons. The van der Waals surface area contributed by atoms with Crippen molar-refractivity contribution in [2.45, 2.75) is 6.42 Å². The lowest BCUT2D eigenvalue weighted by Gasteiger charge is -2.10. The maximum atomic E-state index is 3.78. The lowest BCUT2D eigenvalue weighted by molar-refractivity contribution is 1.27. The molecule has 0 saturated heterocycles. The van der Waals surface area contributed by atoms with Crippen molar-refractivity contribution in [1.29, 1.82) is 0 Å². The van der Waals surface area contributed by atoms with Crippen molar-refractivity contribution in [3.8, 4) is 0 Å². The lowest BCUT2D eigenvalue weighted by Crippen LogP contribution is -1.94. The molecule has 0 saturated carbocycles. The van der Waals surface area contributed by atoms with Crippen molar-refractivity contribution in [1.82, 2.24) is 0 Å². The van der Waals surface area contributed by atoms with Crippen LogP contribution in [0, 0.1) is 0 Å². The molecule has 1 N–H and O–H groups in total. The van der Waals surface area contributed by atoms with Gasteiger partial charge >= 0.3 is 0 Å². The zero-order valence-electron chi connectivity index (χ0n) is 9.19. The largest absolute Gasteiger partial charge is 0.355 e. The number of hydrogen-bond acceptors (Lipinski definition) is 1. The minimum Gasteiger partial charge on any atom is -0.355 e. The molecule has 0 spiro atoms. The Hall–Kier alpha value is -2.02. The fourth-order valence-corrected chi connectivity index (χ4v) is 1.65. The molecule has 0 unspecified atom stereocenters. The van der Waals surface area contributed by atoms with Gasteiger partial charge in [-0.15, -0.1) is 6.58 Å². The van der Waals surface area contributed by atoms with Crippen LogP contribution in [0.5, 0.6) is 0 Å². The molecular formula is C15H15N. The van der Waals surface area contributed by atoms with E-state index in [-0.39, 0.29) is 0 Å². The van der Waals surface area contributed by atoms with Crippen molar-refractivity contribution in [3.63, 3.8) is 0 Å². The second-order valence-corrected chi connectivity index (χ2v) is 3.64. The van der Waals surface area contributed by atoms with Gasteiger partial charge in [0.1, 0.15) is 0 Å². The standard InChI is InChI=1S/C15H15N/c1-2-8-13-9-6-7-12-15(13)16-14-10-4-3-5-11-14/h2-7,9-12,16H,1,8H2. The highest BCUT2D eigenvalue weighted by atomic mass is 14.9. The first-order valence-electron chi connectivity index (χ1n) is 5.41. The van der Waals surface area contributed by atoms with Gasteiger partial charge in [-0.1, -0.05) is 42.5 Å². The summed E-state index contributed by atoms with van der Waals surface area (Å²) in [7, 11) is 0. The van der Waals surface area contributed by atoms with Crippen LogP contribution in [0.1, 0.15) is 5.56 Å². The minimum atomic E-state index is 0.885. The molecule has 0 aliphatic heterocycles. The van der Waals surface area contributed by atoms with Gasteiger partial charge in [0, 0.05) is 11.4 Å². The fraction of sp³-hybridized carbons (Fsp3) is 0.0667. The molecule has 0 aliphatic rings. The van der Waals surface area contributed by atoms with Gasteiger partial charge in [0.2, 0.25) is 0 Å². The molecule has 0 amide bonds. The number of anilines is 2. The molecule has 2 aromatic rings. The number of rotatable bonds is 4. The Kier molecular flexibility index (Phi) is 3.39. The molecule has 16 heavy (non-hydrogen) atoms. The lowest BCUT2D eigenvalue weighted by atomic mass is 10.1. The second kappa shape index (κ2) is 5.17. The van der Waals surface area contributed by atoms with E-state index in [0.29, 0.717) is 0 Å². The van der Waals surface area contributed by atoms with Gasteiger partial charge in [0.15, 0.2) is 0 Å². The van der Waals surface area contributed by atoms with Crippen LogP contribution in [0.4, 0.5) is 11.4 Å². The molecule has 1 nitrogen and oxygen atoms in total. The summed E-state index contributed by atoms with van der Waals surface area (Å²) in [5, 5.41) is 3.41. The Morgan fingerprint density at radius 2 is 1.62 bits per heavy atom. The zero-order chi connectivity index (χ0) is 11.2. The van der Waals surface area contributed by atoms with Crippen LogP contribution in [0.3, 0.4) is 0 Å². The predicted octanol–water partition coefficient (Wildman–Crippen LogP) is 4.16. The smallest absolute Gasteiger partial charge is 0.0419 e. The van der Waals surface area contributed by atoms with Crippen LogP contribution in [-0.2, 0) is 6.42 Å². The third-order valence-corrected chi connectivity index (χ3v) is 2.43. The van der Waals surface area contributed by atoms with Crippen molar-refractivity contribution in [3.05, 3.63) is 72.8 Å². The van der Waals surface area contributed by atoms with E-state index in [1.54, 1.807) is 0 Å². The summed E-state index contributed by atoms with van der Waals surface area (Å²) in [5.74, 6) is 0. The summed E-state index contributed by atoms with van der Waals surface area (Å²) in [5.41, 5.74) is 3.52. The van der Waals surface area contributed by atoms with E-state index >= 15 is 0 Å². The number of hydrogen-bond donors (Lipinski definition) is 1. The maximum absolute atomic E-state index is 3.78. The van der Waals surface area contributed by atoms with Gasteiger partial charge in [-0.05, 0) is 30.2 Å². The van der Waals surface area contributed by atoms with Gasteiger partial charge < -0.3 is 5.32 Å². The summed E-state index contributed by atoms with van der Waals surface area (Å²) < 4.78 is 0. The van der Waals surface area contributed by atoms with Gasteiger partial charge in [-0.25, -0.2) is 0 Å². The van der Waals surface area contributed by atoms with Gasteiger partial charge in [-0.2, -0.15) is 0 Å². The van der Waals surface area contributed by atoms with Crippen LogP contribution >= 0.6 is 0 Å². The Morgan fingerprint density at radius 3 is 2.38 bits per heavy atom. The highest BCUT2D eigenvalue weighted by molar-refractivity contribution is 5.63. The number of benzene rings is 2. The van der Waals surface area contributed by atoms with Crippen LogP contribution in [0.25, 0.3) is 0 Å². The first-order valence-corrected chi connectivity index (χ1v) is 5.41. The summed E-state index contributed by atoms with van der Waals surface area (Å²) >= 11 is 0. The average molecular weight is 209 g/mol. The molecule has 0 aromatic heterocycles. The van der Waals surface area contributed by atoms with Crippen molar-refractivity contribution >= 4 is 11.4 Å². The highest BCUT2D eigenvalue weighted by Gasteiger charge is 1.99. The van der Waals surface area contributed by atoms with Crippen LogP contribution in [-0.4, -0.2) is 0 Å². The van der Waals surface area contributed by atoms with E-state index in [0.717, 1.165) is 17.8 Å². The summed E-state index contributed by atoms with van der Waals surface area (Å²) in [6, 6.07) is 18.5. The normalized spacial score (nSPS) is 9.75. The molecule has 1 heteroatoms. The Labute approximate surface area is 96.4 Å². The molecule has 0 atom stereocenters. The summed E-state index contributed by atoms with van der Waals surface area (Å²) in [6.07, 6.45) is 2.81. The summed E-state index contributed by atoms with van der Waals surface area (Å²) in [4.78, 5) is 0. The zero-order valence-corrected chi connectivity index (χ0v) is 9.19. The van der Waals surface area contributed by atoms with Crippen LogP contribution in [0.15, 0.2) is 67.3 Å². The van der Waals surface area contributed by atoms with Gasteiger partial charge in [-0.3, -0.25) is 0 Å². The third-order valence-electron chi connectivity index (χ3n) is 2.43. The molecule has 2 rings (SSSR count). The average Bonchev–Trinajstić information content (AvgIpc) is 2.33. The molecule has 0 aliphatic carbocycles. The Bertz CT molecular complexity index is 460. The Morgan fingerprint density at radius 1 is 0.938 bits per heavy atom. The van der Waals surface area contributed by atoms with E-state index < -0.39 is 0 Å². The fourth-order valence-electron chi connectivity index (χ4n) is 1.65. The van der Waals surface area contributed by atoms with E-state index in [2.05, 4.69) is 42.2 Å². The first-order chi connectivity index (χ1) is 7.90. The topological polar surface area (TPSA) is 12.0 Å². The maximum Gasteiger partial charge on any atom is 0.0419 e.